The zero-order chi connectivity index (χ0) is 11.8. The van der Waals surface area contributed by atoms with Crippen molar-refractivity contribution in [2.75, 3.05) is 18.0 Å². The molecule has 0 aromatic carbocycles. The minimum Gasteiger partial charge on any atom is -0.335 e. The van der Waals surface area contributed by atoms with Crippen LogP contribution in [0, 0.1) is 5.82 Å². The van der Waals surface area contributed by atoms with E-state index in [1.54, 1.807) is 6.07 Å². The third kappa shape index (κ3) is 1.74. The minimum absolute atomic E-state index is 0.303. The maximum Gasteiger partial charge on any atom is 0.245 e. The molecule has 3 heterocycles. The average Bonchev–Trinajstić information content (AvgIpc) is 2.93. The first-order valence-electron chi connectivity index (χ1n) is 5.76. The predicted molar refractivity (Wildman–Crippen MR) is 62.4 cm³/mol. The molecule has 0 aliphatic carbocycles. The number of nitrogens with two attached hydrogens (primary N) is 1. The normalized spacial score (nSPS) is 20.4. The molecule has 1 atom stereocenters. The molecule has 6 heteroatoms. The van der Waals surface area contributed by atoms with Gasteiger partial charge in [0.1, 0.15) is 5.82 Å². The second kappa shape index (κ2) is 3.96. The Balaban J connectivity index is 2.00. The van der Waals surface area contributed by atoms with E-state index in [9.17, 15) is 4.39 Å². The van der Waals surface area contributed by atoms with Crippen LogP contribution in [0.4, 0.5) is 10.3 Å². The molecule has 0 radical (unpaired) electrons. The second-order valence-electron chi connectivity index (χ2n) is 4.29. The molecule has 2 aromatic heterocycles. The van der Waals surface area contributed by atoms with Gasteiger partial charge in [-0.05, 0) is 25.0 Å². The van der Waals surface area contributed by atoms with Crippen LogP contribution in [0.25, 0.3) is 5.65 Å². The number of aromatic nitrogens is 3. The van der Waals surface area contributed by atoms with E-state index in [4.69, 9.17) is 5.73 Å². The van der Waals surface area contributed by atoms with E-state index in [0.29, 0.717) is 24.2 Å². The van der Waals surface area contributed by atoms with E-state index in [1.807, 2.05) is 0 Å². The summed E-state index contributed by atoms with van der Waals surface area (Å²) in [6, 6.07) is 3.31. The first-order valence-corrected chi connectivity index (χ1v) is 5.76. The second-order valence-corrected chi connectivity index (χ2v) is 4.29. The number of pyridine rings is 1. The molecule has 1 aliphatic rings. The molecule has 1 aliphatic heterocycles. The van der Waals surface area contributed by atoms with Crippen molar-refractivity contribution in [3.63, 3.8) is 0 Å². The standard InChI is InChI=1S/C11H14FN5/c12-8-3-4-10-14-11(15-17(10)7-8)16-5-1-2-9(16)6-13/h3-4,7,9H,1-2,5-6,13H2. The minimum atomic E-state index is -0.314. The molecule has 1 saturated heterocycles. The molecule has 0 amide bonds. The lowest BCUT2D eigenvalue weighted by atomic mass is 10.2. The number of nitrogens with zero attached hydrogens (tertiary/aromatic N) is 4. The number of fused-ring (bicyclic) bond motifs is 1. The monoisotopic (exact) mass is 235 g/mol. The highest BCUT2D eigenvalue weighted by Gasteiger charge is 2.26. The Bertz CT molecular complexity index is 538. The summed E-state index contributed by atoms with van der Waals surface area (Å²) in [6.45, 7) is 1.52. The third-order valence-electron chi connectivity index (χ3n) is 3.19. The van der Waals surface area contributed by atoms with Crippen LogP contribution in [0.15, 0.2) is 18.3 Å². The van der Waals surface area contributed by atoms with Crippen LogP contribution in [0.5, 0.6) is 0 Å². The molecular weight excluding hydrogens is 221 g/mol. The molecule has 1 unspecified atom stereocenters. The summed E-state index contributed by atoms with van der Waals surface area (Å²) in [6.07, 6.45) is 3.51. The fraction of sp³-hybridized carbons (Fsp3) is 0.455. The first-order chi connectivity index (χ1) is 8.28. The first kappa shape index (κ1) is 10.5. The van der Waals surface area contributed by atoms with Gasteiger partial charge in [0.2, 0.25) is 5.95 Å². The van der Waals surface area contributed by atoms with Gasteiger partial charge in [0, 0.05) is 19.1 Å². The molecular formula is C11H14FN5. The van der Waals surface area contributed by atoms with Gasteiger partial charge in [-0.15, -0.1) is 5.10 Å². The molecule has 90 valence electrons. The van der Waals surface area contributed by atoms with Gasteiger partial charge in [-0.25, -0.2) is 8.91 Å². The topological polar surface area (TPSA) is 59.5 Å². The van der Waals surface area contributed by atoms with Gasteiger partial charge in [-0.1, -0.05) is 0 Å². The fourth-order valence-corrected chi connectivity index (χ4v) is 2.31. The lowest BCUT2D eigenvalue weighted by Gasteiger charge is -2.21. The summed E-state index contributed by atoms with van der Waals surface area (Å²) in [5.74, 6) is 0.328. The van der Waals surface area contributed by atoms with Crippen LogP contribution in [-0.2, 0) is 0 Å². The fourth-order valence-electron chi connectivity index (χ4n) is 2.31. The maximum atomic E-state index is 13.0. The van der Waals surface area contributed by atoms with E-state index >= 15 is 0 Å². The van der Waals surface area contributed by atoms with Crippen LogP contribution in [0.2, 0.25) is 0 Å². The van der Waals surface area contributed by atoms with Gasteiger partial charge >= 0.3 is 0 Å². The van der Waals surface area contributed by atoms with Gasteiger partial charge in [-0.3, -0.25) is 0 Å². The summed E-state index contributed by atoms with van der Waals surface area (Å²) in [5.41, 5.74) is 6.37. The smallest absolute Gasteiger partial charge is 0.245 e. The molecule has 5 nitrogen and oxygen atoms in total. The molecule has 2 N–H and O–H groups in total. The zero-order valence-electron chi connectivity index (χ0n) is 9.38. The number of hydrogen-bond acceptors (Lipinski definition) is 4. The van der Waals surface area contributed by atoms with Crippen molar-refractivity contribution in [1.29, 1.82) is 0 Å². The summed E-state index contributed by atoms with van der Waals surface area (Å²) in [5, 5.41) is 4.29. The summed E-state index contributed by atoms with van der Waals surface area (Å²) >= 11 is 0. The highest BCUT2D eigenvalue weighted by atomic mass is 19.1. The van der Waals surface area contributed by atoms with E-state index in [0.717, 1.165) is 19.4 Å². The van der Waals surface area contributed by atoms with Crippen molar-refractivity contribution in [1.82, 2.24) is 14.6 Å². The quantitative estimate of drug-likeness (QED) is 0.836. The molecule has 0 spiro atoms. The summed E-state index contributed by atoms with van der Waals surface area (Å²) in [4.78, 5) is 6.49. The van der Waals surface area contributed by atoms with Crippen molar-refractivity contribution in [2.45, 2.75) is 18.9 Å². The van der Waals surface area contributed by atoms with Crippen LogP contribution in [0.1, 0.15) is 12.8 Å². The largest absolute Gasteiger partial charge is 0.335 e. The number of hydrogen-bond donors (Lipinski definition) is 1. The van der Waals surface area contributed by atoms with Gasteiger partial charge in [0.15, 0.2) is 5.65 Å². The van der Waals surface area contributed by atoms with Gasteiger partial charge in [0.05, 0.1) is 6.20 Å². The Hall–Kier alpha value is -1.69. The lowest BCUT2D eigenvalue weighted by molar-refractivity contribution is 0.613. The highest BCUT2D eigenvalue weighted by Crippen LogP contribution is 2.22. The van der Waals surface area contributed by atoms with Crippen LogP contribution in [0.3, 0.4) is 0 Å². The molecule has 0 bridgehead atoms. The Kier molecular flexibility index (Phi) is 2.44. The molecule has 17 heavy (non-hydrogen) atoms. The van der Waals surface area contributed by atoms with Crippen molar-refractivity contribution in [2.24, 2.45) is 5.73 Å². The lowest BCUT2D eigenvalue weighted by Crippen LogP contribution is -2.36. The van der Waals surface area contributed by atoms with Crippen LogP contribution >= 0.6 is 0 Å². The van der Waals surface area contributed by atoms with Crippen molar-refractivity contribution in [3.8, 4) is 0 Å². The molecule has 2 aromatic rings. The number of halogens is 1. The maximum absolute atomic E-state index is 13.0. The van der Waals surface area contributed by atoms with Gasteiger partial charge in [-0.2, -0.15) is 4.98 Å². The highest BCUT2D eigenvalue weighted by molar-refractivity contribution is 5.45. The van der Waals surface area contributed by atoms with Crippen LogP contribution in [-0.4, -0.2) is 33.7 Å². The Labute approximate surface area is 98.0 Å². The predicted octanol–water partition coefficient (Wildman–Crippen LogP) is 0.796. The summed E-state index contributed by atoms with van der Waals surface area (Å²) < 4.78 is 14.5. The Morgan fingerprint density at radius 2 is 2.35 bits per heavy atom. The van der Waals surface area contributed by atoms with E-state index < -0.39 is 0 Å². The summed E-state index contributed by atoms with van der Waals surface area (Å²) in [7, 11) is 0. The number of anilines is 1. The molecule has 0 saturated carbocycles. The zero-order valence-corrected chi connectivity index (χ0v) is 9.38. The van der Waals surface area contributed by atoms with E-state index in [-0.39, 0.29) is 5.82 Å². The molecule has 3 rings (SSSR count). The van der Waals surface area contributed by atoms with Crippen LogP contribution < -0.4 is 10.6 Å². The average molecular weight is 235 g/mol. The van der Waals surface area contributed by atoms with Gasteiger partial charge in [0.25, 0.3) is 0 Å². The van der Waals surface area contributed by atoms with E-state index in [1.165, 1.54) is 16.8 Å². The van der Waals surface area contributed by atoms with Crippen molar-refractivity contribution >= 4 is 11.6 Å². The van der Waals surface area contributed by atoms with Crippen molar-refractivity contribution in [3.05, 3.63) is 24.1 Å². The third-order valence-corrected chi connectivity index (χ3v) is 3.19. The van der Waals surface area contributed by atoms with Crippen molar-refractivity contribution < 1.29 is 4.39 Å². The Morgan fingerprint density at radius 3 is 3.18 bits per heavy atom. The van der Waals surface area contributed by atoms with Gasteiger partial charge < -0.3 is 10.6 Å². The van der Waals surface area contributed by atoms with E-state index in [2.05, 4.69) is 15.0 Å². The Morgan fingerprint density at radius 1 is 1.47 bits per heavy atom. The SMILES string of the molecule is NCC1CCCN1c1nc2ccc(F)cn2n1. The number of rotatable bonds is 2. The molecule has 1 fully saturated rings.